The summed E-state index contributed by atoms with van der Waals surface area (Å²) in [6.45, 7) is 12.9. The van der Waals surface area contributed by atoms with E-state index in [1.165, 1.54) is 34.0 Å². The van der Waals surface area contributed by atoms with Crippen LogP contribution in [0.3, 0.4) is 0 Å². The second-order valence-electron chi connectivity index (χ2n) is 9.31. The largest absolute Gasteiger partial charge is 0.207 e. The molecule has 0 aromatic heterocycles. The van der Waals surface area contributed by atoms with Crippen LogP contribution in [0.15, 0.2) is 141 Å². The molecule has 196 valence electrons. The van der Waals surface area contributed by atoms with E-state index in [-0.39, 0.29) is 11.6 Å². The molecule has 0 aliphatic carbocycles. The van der Waals surface area contributed by atoms with Gasteiger partial charge in [0.25, 0.3) is 0 Å². The lowest BCUT2D eigenvalue weighted by Gasteiger charge is -1.98. The number of benzene rings is 6. The molecule has 0 spiro atoms. The fourth-order valence-electron chi connectivity index (χ4n) is 3.98. The molecular formula is C37H34F2. The highest BCUT2D eigenvalue weighted by Crippen LogP contribution is 2.18. The monoisotopic (exact) mass is 516 g/mol. The summed E-state index contributed by atoms with van der Waals surface area (Å²) in [5.74, 6) is -0.348. The summed E-state index contributed by atoms with van der Waals surface area (Å²) in [5.41, 5.74) is 3.69. The number of aryl methyl sites for hydroxylation is 3. The number of fused-ring (bicyclic) bond motifs is 3. The fraction of sp³-hybridized carbons (Fsp3) is 0.0811. The Morgan fingerprint density at radius 1 is 0.410 bits per heavy atom. The lowest BCUT2D eigenvalue weighted by Crippen LogP contribution is -1.77. The number of hydrogen-bond donors (Lipinski definition) is 0. The van der Waals surface area contributed by atoms with Crippen molar-refractivity contribution in [1.82, 2.24) is 0 Å². The van der Waals surface area contributed by atoms with Gasteiger partial charge in [0.05, 0.1) is 0 Å². The van der Waals surface area contributed by atoms with Crippen LogP contribution in [0.1, 0.15) is 16.7 Å². The third-order valence-electron chi connectivity index (χ3n) is 5.99. The van der Waals surface area contributed by atoms with Crippen molar-refractivity contribution in [3.8, 4) is 0 Å². The van der Waals surface area contributed by atoms with Gasteiger partial charge in [0, 0.05) is 0 Å². The van der Waals surface area contributed by atoms with Crippen LogP contribution in [0.25, 0.3) is 32.3 Å². The minimum atomic E-state index is -0.175. The molecule has 0 aliphatic heterocycles. The van der Waals surface area contributed by atoms with Crippen molar-refractivity contribution in [2.75, 3.05) is 0 Å². The van der Waals surface area contributed by atoms with E-state index in [0.717, 1.165) is 27.1 Å². The Bertz CT molecular complexity index is 1610. The van der Waals surface area contributed by atoms with E-state index in [2.05, 4.69) is 68.6 Å². The Morgan fingerprint density at radius 2 is 0.744 bits per heavy atom. The van der Waals surface area contributed by atoms with E-state index in [0.29, 0.717) is 0 Å². The predicted octanol–water partition coefficient (Wildman–Crippen LogP) is 11.1. The summed E-state index contributed by atoms with van der Waals surface area (Å²) in [7, 11) is 0. The average molecular weight is 517 g/mol. The lowest BCUT2D eigenvalue weighted by molar-refractivity contribution is 0.629. The number of hydrogen-bond acceptors (Lipinski definition) is 0. The zero-order chi connectivity index (χ0) is 28.2. The first-order valence-electron chi connectivity index (χ1n) is 12.8. The summed E-state index contributed by atoms with van der Waals surface area (Å²) in [6.07, 6.45) is 3.28. The van der Waals surface area contributed by atoms with Crippen LogP contribution < -0.4 is 0 Å². The Hall–Kier alpha value is -4.56. The van der Waals surface area contributed by atoms with Gasteiger partial charge in [-0.25, -0.2) is 8.78 Å². The Balaban J connectivity index is 0.000000151. The van der Waals surface area contributed by atoms with Crippen LogP contribution in [-0.4, -0.2) is 0 Å². The molecular weight excluding hydrogens is 482 g/mol. The molecule has 39 heavy (non-hydrogen) atoms. The molecule has 0 N–H and O–H groups in total. The summed E-state index contributed by atoms with van der Waals surface area (Å²) in [4.78, 5) is 0. The smallest absolute Gasteiger partial charge is 0.123 e. The number of allylic oxidation sites excluding steroid dienone is 2. The highest BCUT2D eigenvalue weighted by atomic mass is 19.1. The van der Waals surface area contributed by atoms with Crippen LogP contribution in [0.2, 0.25) is 0 Å². The molecule has 0 nitrogen and oxygen atoms in total. The third kappa shape index (κ3) is 9.05. The maximum Gasteiger partial charge on any atom is 0.123 e. The zero-order valence-electron chi connectivity index (χ0n) is 22.8. The van der Waals surface area contributed by atoms with Gasteiger partial charge in [-0.05, 0) is 77.4 Å². The summed E-state index contributed by atoms with van der Waals surface area (Å²) in [5, 5.41) is 6.75. The van der Waals surface area contributed by atoms with Crippen molar-refractivity contribution in [2.45, 2.75) is 20.8 Å². The third-order valence-corrected chi connectivity index (χ3v) is 5.99. The minimum absolute atomic E-state index is 0.173. The Labute approximate surface area is 230 Å². The van der Waals surface area contributed by atoms with Gasteiger partial charge >= 0.3 is 0 Å². The SMILES string of the molecule is C=CC=C.Cc1ccc2cc(F)ccc2c1.Cc1ccc2ccc(F)cc2c1.Cc1ccc2ccccc2c1. The van der Waals surface area contributed by atoms with E-state index in [1.54, 1.807) is 36.4 Å². The number of rotatable bonds is 1. The second kappa shape index (κ2) is 14.4. The average Bonchev–Trinajstić information content (AvgIpc) is 2.93. The van der Waals surface area contributed by atoms with Gasteiger partial charge in [0.15, 0.2) is 0 Å². The Morgan fingerprint density at radius 3 is 1.28 bits per heavy atom. The van der Waals surface area contributed by atoms with Crippen LogP contribution >= 0.6 is 0 Å². The van der Waals surface area contributed by atoms with E-state index in [9.17, 15) is 8.78 Å². The van der Waals surface area contributed by atoms with Gasteiger partial charge in [-0.15, -0.1) is 0 Å². The second-order valence-corrected chi connectivity index (χ2v) is 9.31. The lowest BCUT2D eigenvalue weighted by atomic mass is 10.1. The molecule has 2 heteroatoms. The van der Waals surface area contributed by atoms with Crippen molar-refractivity contribution >= 4 is 32.3 Å². The first-order chi connectivity index (χ1) is 18.8. The molecule has 6 aromatic rings. The number of halogens is 2. The van der Waals surface area contributed by atoms with Crippen molar-refractivity contribution in [1.29, 1.82) is 0 Å². The summed E-state index contributed by atoms with van der Waals surface area (Å²) < 4.78 is 25.5. The van der Waals surface area contributed by atoms with Crippen LogP contribution in [-0.2, 0) is 0 Å². The molecule has 0 atom stereocenters. The fourth-order valence-corrected chi connectivity index (χ4v) is 3.98. The van der Waals surface area contributed by atoms with E-state index in [1.807, 2.05) is 44.2 Å². The first kappa shape index (κ1) is 29.0. The topological polar surface area (TPSA) is 0 Å². The normalized spacial score (nSPS) is 9.87. The van der Waals surface area contributed by atoms with Crippen molar-refractivity contribution in [2.24, 2.45) is 0 Å². The molecule has 0 radical (unpaired) electrons. The summed E-state index contributed by atoms with van der Waals surface area (Å²) in [6, 6.07) is 36.6. The van der Waals surface area contributed by atoms with Gasteiger partial charge in [-0.2, -0.15) is 0 Å². The molecule has 6 aromatic carbocycles. The molecule has 0 fully saturated rings. The summed E-state index contributed by atoms with van der Waals surface area (Å²) >= 11 is 0. The van der Waals surface area contributed by atoms with Crippen molar-refractivity contribution < 1.29 is 8.78 Å². The maximum absolute atomic E-state index is 12.8. The van der Waals surface area contributed by atoms with E-state index >= 15 is 0 Å². The van der Waals surface area contributed by atoms with Gasteiger partial charge in [-0.1, -0.05) is 133 Å². The van der Waals surface area contributed by atoms with Gasteiger partial charge in [0.2, 0.25) is 0 Å². The highest BCUT2D eigenvalue weighted by molar-refractivity contribution is 5.84. The molecule has 0 amide bonds. The molecule has 0 unspecified atom stereocenters. The molecule has 0 saturated carbocycles. The highest BCUT2D eigenvalue weighted by Gasteiger charge is 1.96. The maximum atomic E-state index is 12.8. The van der Waals surface area contributed by atoms with Crippen molar-refractivity contribution in [3.63, 3.8) is 0 Å². The van der Waals surface area contributed by atoms with Crippen LogP contribution in [0.4, 0.5) is 8.78 Å². The first-order valence-corrected chi connectivity index (χ1v) is 12.8. The molecule has 6 rings (SSSR count). The predicted molar refractivity (Wildman–Crippen MR) is 166 cm³/mol. The molecule has 0 aliphatic rings. The van der Waals surface area contributed by atoms with Gasteiger partial charge in [0.1, 0.15) is 11.6 Å². The molecule has 0 heterocycles. The molecule has 0 bridgehead atoms. The van der Waals surface area contributed by atoms with Gasteiger partial charge in [-0.3, -0.25) is 0 Å². The van der Waals surface area contributed by atoms with Gasteiger partial charge < -0.3 is 0 Å². The standard InChI is InChI=1S/2C11H9F.C11H10.C4H6/c1-8-2-3-10-7-11(12)5-4-9(10)6-8;1-8-2-3-9-4-5-11(12)7-10(9)6-8;1-9-6-7-10-4-2-3-5-11(10)8-9;1-3-4-2/h2*2-7H,1H3;2-8H,1H3;3-4H,1-2H2. The Kier molecular flexibility index (Phi) is 10.7. The van der Waals surface area contributed by atoms with Crippen LogP contribution in [0.5, 0.6) is 0 Å². The quantitative estimate of drug-likeness (QED) is 0.191. The molecule has 0 saturated heterocycles. The van der Waals surface area contributed by atoms with Crippen molar-refractivity contribution in [3.05, 3.63) is 169 Å². The zero-order valence-corrected chi connectivity index (χ0v) is 22.8. The van der Waals surface area contributed by atoms with Crippen LogP contribution in [0, 0.1) is 32.4 Å². The van der Waals surface area contributed by atoms with E-state index < -0.39 is 0 Å². The minimum Gasteiger partial charge on any atom is -0.207 e. The van der Waals surface area contributed by atoms with E-state index in [4.69, 9.17) is 0 Å².